The van der Waals surface area contributed by atoms with E-state index in [2.05, 4.69) is 35.8 Å². The summed E-state index contributed by atoms with van der Waals surface area (Å²) in [4.78, 5) is 26.6. The molecule has 4 aromatic rings. The molecule has 2 aliphatic rings. The van der Waals surface area contributed by atoms with Gasteiger partial charge in [0, 0.05) is 18.2 Å². The fraction of sp³-hybridized carbons (Fsp3) is 0.250. The summed E-state index contributed by atoms with van der Waals surface area (Å²) < 4.78 is 26.3. The van der Waals surface area contributed by atoms with Gasteiger partial charge in [-0.05, 0) is 34.4 Å². The van der Waals surface area contributed by atoms with E-state index < -0.39 is 35.3 Å². The molecule has 1 N–H and O–H groups in total. The standard InChI is InChI=1S/C32H30N2O6/c1-21-19-38-29-28(21)26(40-30(29)34-18-17-27(35)33-31(34)36)20-39-32(22-9-5-3-6-10-22,23-11-7-4-8-12-23)24-13-15-25(37-2)16-14-24/h3-18,26,28-30H,1,19-20H2,2H3,(H,33,35,36)/t26-,28+,29+,30-/m1/s1. The third-order valence-corrected chi connectivity index (χ3v) is 7.73. The predicted octanol–water partition coefficient (Wildman–Crippen LogP) is 4.02. The third-order valence-electron chi connectivity index (χ3n) is 7.73. The number of aromatic nitrogens is 2. The van der Waals surface area contributed by atoms with Crippen molar-refractivity contribution in [3.8, 4) is 5.75 Å². The number of hydrogen-bond acceptors (Lipinski definition) is 6. The van der Waals surface area contributed by atoms with E-state index in [9.17, 15) is 9.59 Å². The molecular formula is C32H30N2O6. The predicted molar refractivity (Wildman–Crippen MR) is 149 cm³/mol. The monoisotopic (exact) mass is 538 g/mol. The molecule has 204 valence electrons. The van der Waals surface area contributed by atoms with Gasteiger partial charge in [-0.15, -0.1) is 0 Å². The molecule has 4 atom stereocenters. The maximum absolute atomic E-state index is 12.6. The van der Waals surface area contributed by atoms with Gasteiger partial charge in [0.05, 0.1) is 26.4 Å². The number of ether oxygens (including phenoxy) is 4. The number of rotatable bonds is 8. The van der Waals surface area contributed by atoms with Gasteiger partial charge in [0.15, 0.2) is 6.23 Å². The second kappa shape index (κ2) is 10.7. The normalized spacial score (nSPS) is 22.3. The minimum atomic E-state index is -0.971. The van der Waals surface area contributed by atoms with Crippen LogP contribution in [0.3, 0.4) is 0 Å². The lowest BCUT2D eigenvalue weighted by molar-refractivity contribution is -0.0976. The Morgan fingerprint density at radius 3 is 2.15 bits per heavy atom. The first-order valence-corrected chi connectivity index (χ1v) is 13.2. The van der Waals surface area contributed by atoms with E-state index in [0.717, 1.165) is 28.0 Å². The fourth-order valence-electron chi connectivity index (χ4n) is 5.83. The maximum Gasteiger partial charge on any atom is 0.330 e. The number of hydrogen-bond donors (Lipinski definition) is 1. The molecule has 0 saturated carbocycles. The molecule has 0 bridgehead atoms. The molecule has 0 spiro atoms. The SMILES string of the molecule is C=C1CO[C@H]2[C@@H]1[C@@H](COC(c1ccccc1)(c1ccccc1)c1ccc(OC)cc1)O[C@H]2n1ccc(=O)[nH]c1=O. The van der Waals surface area contributed by atoms with Gasteiger partial charge in [-0.25, -0.2) is 4.79 Å². The Morgan fingerprint density at radius 1 is 0.925 bits per heavy atom. The number of benzene rings is 3. The number of fused-ring (bicyclic) bond motifs is 1. The van der Waals surface area contributed by atoms with Gasteiger partial charge in [0.2, 0.25) is 0 Å². The summed E-state index contributed by atoms with van der Waals surface area (Å²) in [5.74, 6) is 0.554. The van der Waals surface area contributed by atoms with Crippen LogP contribution in [0.4, 0.5) is 0 Å². The summed E-state index contributed by atoms with van der Waals surface area (Å²) in [5.41, 5.74) is 1.72. The first-order chi connectivity index (χ1) is 19.5. The maximum atomic E-state index is 12.6. The van der Waals surface area contributed by atoms with E-state index in [1.54, 1.807) is 7.11 Å². The number of methoxy groups -OCH3 is 1. The molecule has 8 heteroatoms. The minimum absolute atomic E-state index is 0.188. The second-order valence-corrected chi connectivity index (χ2v) is 9.99. The fourth-order valence-corrected chi connectivity index (χ4v) is 5.83. The molecular weight excluding hydrogens is 508 g/mol. The second-order valence-electron chi connectivity index (χ2n) is 9.99. The topological polar surface area (TPSA) is 91.8 Å². The Balaban J connectivity index is 1.41. The van der Waals surface area contributed by atoms with Crippen LogP contribution in [0.15, 0.2) is 119 Å². The Hall–Kier alpha value is -4.24. The number of aromatic amines is 1. The molecule has 0 aliphatic carbocycles. The lowest BCUT2D eigenvalue weighted by Gasteiger charge is -2.37. The van der Waals surface area contributed by atoms with E-state index >= 15 is 0 Å². The highest BCUT2D eigenvalue weighted by molar-refractivity contribution is 5.48. The smallest absolute Gasteiger partial charge is 0.330 e. The van der Waals surface area contributed by atoms with Crippen LogP contribution in [0, 0.1) is 5.92 Å². The van der Waals surface area contributed by atoms with E-state index in [1.807, 2.05) is 60.7 Å². The summed E-state index contributed by atoms with van der Waals surface area (Å²) in [6.45, 7) is 4.78. The van der Waals surface area contributed by atoms with Crippen molar-refractivity contribution < 1.29 is 18.9 Å². The average molecular weight is 539 g/mol. The van der Waals surface area contributed by atoms with E-state index in [1.165, 1.54) is 16.8 Å². The summed E-state index contributed by atoms with van der Waals surface area (Å²) in [6, 6.07) is 29.3. The zero-order valence-electron chi connectivity index (χ0n) is 22.1. The Morgan fingerprint density at radius 2 is 1.55 bits per heavy atom. The zero-order chi connectivity index (χ0) is 27.7. The van der Waals surface area contributed by atoms with Crippen molar-refractivity contribution in [1.29, 1.82) is 0 Å². The first-order valence-electron chi connectivity index (χ1n) is 13.2. The summed E-state index contributed by atoms with van der Waals surface area (Å²) >= 11 is 0. The van der Waals surface area contributed by atoms with Crippen LogP contribution in [0.2, 0.25) is 0 Å². The van der Waals surface area contributed by atoms with Crippen LogP contribution < -0.4 is 16.0 Å². The number of nitrogens with zero attached hydrogens (tertiary/aromatic N) is 1. The number of H-pyrrole nitrogens is 1. The highest BCUT2D eigenvalue weighted by atomic mass is 16.6. The minimum Gasteiger partial charge on any atom is -0.497 e. The van der Waals surface area contributed by atoms with Gasteiger partial charge in [-0.1, -0.05) is 79.4 Å². The Labute approximate surface area is 231 Å². The quantitative estimate of drug-likeness (QED) is 0.269. The largest absolute Gasteiger partial charge is 0.497 e. The van der Waals surface area contributed by atoms with E-state index in [0.29, 0.717) is 6.61 Å². The third kappa shape index (κ3) is 4.50. The lowest BCUT2D eigenvalue weighted by atomic mass is 9.80. The molecule has 3 aromatic carbocycles. The van der Waals surface area contributed by atoms with Gasteiger partial charge >= 0.3 is 5.69 Å². The average Bonchev–Trinajstić information content (AvgIpc) is 3.55. The zero-order valence-corrected chi connectivity index (χ0v) is 22.1. The van der Waals surface area contributed by atoms with Crippen LogP contribution in [-0.2, 0) is 19.8 Å². The molecule has 8 nitrogen and oxygen atoms in total. The lowest BCUT2D eigenvalue weighted by Crippen LogP contribution is -2.37. The van der Waals surface area contributed by atoms with Crippen LogP contribution in [0.1, 0.15) is 22.9 Å². The molecule has 2 saturated heterocycles. The molecule has 40 heavy (non-hydrogen) atoms. The van der Waals surface area contributed by atoms with Crippen molar-refractivity contribution in [2.24, 2.45) is 5.92 Å². The van der Waals surface area contributed by atoms with Gasteiger partial charge in [0.25, 0.3) is 5.56 Å². The summed E-state index contributed by atoms with van der Waals surface area (Å²) in [6.07, 6.45) is -0.181. The van der Waals surface area contributed by atoms with Crippen LogP contribution in [0.5, 0.6) is 5.75 Å². The first kappa shape index (κ1) is 26.0. The molecule has 2 fully saturated rings. The van der Waals surface area contributed by atoms with Crippen LogP contribution in [-0.4, -0.2) is 42.1 Å². The molecule has 0 radical (unpaired) electrons. The van der Waals surface area contributed by atoms with Crippen molar-refractivity contribution in [2.75, 3.05) is 20.3 Å². The molecule has 2 aliphatic heterocycles. The Bertz CT molecular complexity index is 1560. The molecule has 1 aromatic heterocycles. The van der Waals surface area contributed by atoms with Crippen molar-refractivity contribution >= 4 is 0 Å². The molecule has 6 rings (SSSR count). The van der Waals surface area contributed by atoms with Gasteiger partial charge in [-0.3, -0.25) is 14.3 Å². The van der Waals surface area contributed by atoms with Crippen LogP contribution >= 0.6 is 0 Å². The highest BCUT2D eigenvalue weighted by Gasteiger charge is 2.52. The van der Waals surface area contributed by atoms with E-state index in [4.69, 9.17) is 18.9 Å². The van der Waals surface area contributed by atoms with Crippen molar-refractivity contribution in [3.63, 3.8) is 0 Å². The summed E-state index contributed by atoms with van der Waals surface area (Å²) in [7, 11) is 1.64. The number of nitrogens with one attached hydrogen (secondary N) is 1. The van der Waals surface area contributed by atoms with Gasteiger partial charge < -0.3 is 18.9 Å². The highest BCUT2D eigenvalue weighted by Crippen LogP contribution is 2.46. The van der Waals surface area contributed by atoms with Crippen molar-refractivity contribution in [1.82, 2.24) is 9.55 Å². The van der Waals surface area contributed by atoms with Crippen molar-refractivity contribution in [3.05, 3.63) is 147 Å². The molecule has 0 unspecified atom stereocenters. The van der Waals surface area contributed by atoms with Crippen LogP contribution in [0.25, 0.3) is 0 Å². The van der Waals surface area contributed by atoms with Crippen molar-refractivity contribution in [2.45, 2.75) is 24.0 Å². The van der Waals surface area contributed by atoms with Gasteiger partial charge in [0.1, 0.15) is 17.5 Å². The van der Waals surface area contributed by atoms with E-state index in [-0.39, 0.29) is 12.5 Å². The molecule has 3 heterocycles. The molecule has 0 amide bonds. The Kier molecular flexibility index (Phi) is 6.98. The van der Waals surface area contributed by atoms with Gasteiger partial charge in [-0.2, -0.15) is 0 Å². The summed E-state index contributed by atoms with van der Waals surface area (Å²) in [5, 5.41) is 0.